The van der Waals surface area contributed by atoms with E-state index in [0.717, 1.165) is 25.9 Å². The van der Waals surface area contributed by atoms with Gasteiger partial charge in [-0.3, -0.25) is 0 Å². The average molecular weight is 221 g/mol. The molecule has 2 N–H and O–H groups in total. The molecule has 0 radical (unpaired) electrons. The number of nitrogens with one attached hydrogen (secondary N) is 2. The van der Waals surface area contributed by atoms with Crippen LogP contribution in [-0.2, 0) is 0 Å². The van der Waals surface area contributed by atoms with Gasteiger partial charge in [0, 0.05) is 24.8 Å². The van der Waals surface area contributed by atoms with Crippen molar-refractivity contribution in [2.45, 2.75) is 18.9 Å². The van der Waals surface area contributed by atoms with Crippen LogP contribution < -0.4 is 15.4 Å². The van der Waals surface area contributed by atoms with Crippen molar-refractivity contribution in [1.29, 1.82) is 0 Å². The van der Waals surface area contributed by atoms with Crippen molar-refractivity contribution in [1.82, 2.24) is 15.6 Å². The fourth-order valence-electron chi connectivity index (χ4n) is 1.67. The molecule has 0 aromatic carbocycles. The molecule has 0 bridgehead atoms. The molecule has 1 amide bonds. The van der Waals surface area contributed by atoms with Crippen LogP contribution in [0.4, 0.5) is 4.79 Å². The first-order chi connectivity index (χ1) is 7.84. The standard InChI is InChI=1S/C11H15N3O2/c15-11(14-9-4-3-6-12-8-9)16-10-5-1-2-7-13-10/h1-2,5,7,9,12H,3-4,6,8H2,(H,14,15). The summed E-state index contributed by atoms with van der Waals surface area (Å²) in [6.07, 6.45) is 3.22. The molecule has 1 atom stereocenters. The summed E-state index contributed by atoms with van der Waals surface area (Å²) in [5.41, 5.74) is 0. The summed E-state index contributed by atoms with van der Waals surface area (Å²) in [7, 11) is 0. The molecule has 1 fully saturated rings. The lowest BCUT2D eigenvalue weighted by atomic mass is 10.1. The van der Waals surface area contributed by atoms with Crippen LogP contribution in [0.5, 0.6) is 5.88 Å². The van der Waals surface area contributed by atoms with E-state index in [1.807, 2.05) is 0 Å². The molecule has 1 saturated heterocycles. The van der Waals surface area contributed by atoms with E-state index < -0.39 is 6.09 Å². The number of nitrogens with zero attached hydrogens (tertiary/aromatic N) is 1. The molecule has 1 aliphatic heterocycles. The van der Waals surface area contributed by atoms with Crippen molar-refractivity contribution in [2.75, 3.05) is 13.1 Å². The van der Waals surface area contributed by atoms with E-state index in [4.69, 9.17) is 4.74 Å². The van der Waals surface area contributed by atoms with Gasteiger partial charge in [0.15, 0.2) is 0 Å². The number of pyridine rings is 1. The number of aromatic nitrogens is 1. The van der Waals surface area contributed by atoms with Gasteiger partial charge in [0.2, 0.25) is 5.88 Å². The summed E-state index contributed by atoms with van der Waals surface area (Å²) < 4.78 is 5.03. The molecule has 2 rings (SSSR count). The quantitative estimate of drug-likeness (QED) is 0.779. The van der Waals surface area contributed by atoms with Crippen LogP contribution in [0.3, 0.4) is 0 Å². The van der Waals surface area contributed by atoms with E-state index in [1.54, 1.807) is 24.4 Å². The van der Waals surface area contributed by atoms with Crippen LogP contribution in [0, 0.1) is 0 Å². The predicted octanol–water partition coefficient (Wildman–Crippen LogP) is 0.922. The molecule has 1 unspecified atom stereocenters. The van der Waals surface area contributed by atoms with E-state index in [0.29, 0.717) is 5.88 Å². The third-order valence-corrected chi connectivity index (χ3v) is 2.45. The van der Waals surface area contributed by atoms with Gasteiger partial charge >= 0.3 is 6.09 Å². The van der Waals surface area contributed by atoms with Gasteiger partial charge in [-0.15, -0.1) is 0 Å². The van der Waals surface area contributed by atoms with Crippen molar-refractivity contribution >= 4 is 6.09 Å². The molecule has 2 heterocycles. The lowest BCUT2D eigenvalue weighted by Crippen LogP contribution is -2.46. The smallest absolute Gasteiger partial charge is 0.391 e. The highest BCUT2D eigenvalue weighted by atomic mass is 16.6. The minimum atomic E-state index is -0.438. The van der Waals surface area contributed by atoms with Crippen LogP contribution in [0.15, 0.2) is 24.4 Å². The number of carbonyl (C=O) groups is 1. The van der Waals surface area contributed by atoms with E-state index in [-0.39, 0.29) is 6.04 Å². The van der Waals surface area contributed by atoms with Gasteiger partial charge in [-0.25, -0.2) is 9.78 Å². The van der Waals surface area contributed by atoms with Crippen LogP contribution >= 0.6 is 0 Å². The Morgan fingerprint density at radius 3 is 3.19 bits per heavy atom. The van der Waals surface area contributed by atoms with E-state index >= 15 is 0 Å². The molecule has 16 heavy (non-hydrogen) atoms. The van der Waals surface area contributed by atoms with E-state index in [1.165, 1.54) is 0 Å². The molecular weight excluding hydrogens is 206 g/mol. The summed E-state index contributed by atoms with van der Waals surface area (Å²) in [4.78, 5) is 15.4. The maximum Gasteiger partial charge on any atom is 0.414 e. The van der Waals surface area contributed by atoms with Gasteiger partial charge in [-0.1, -0.05) is 6.07 Å². The van der Waals surface area contributed by atoms with E-state index in [9.17, 15) is 4.79 Å². The van der Waals surface area contributed by atoms with Gasteiger partial charge in [0.05, 0.1) is 0 Å². The highest BCUT2D eigenvalue weighted by molar-refractivity contribution is 5.70. The summed E-state index contributed by atoms with van der Waals surface area (Å²) in [6.45, 7) is 1.82. The molecule has 86 valence electrons. The van der Waals surface area contributed by atoms with Crippen LogP contribution in [0.25, 0.3) is 0 Å². The Bertz CT molecular complexity index is 336. The molecule has 5 nitrogen and oxygen atoms in total. The first-order valence-corrected chi connectivity index (χ1v) is 5.45. The van der Waals surface area contributed by atoms with Crippen molar-refractivity contribution < 1.29 is 9.53 Å². The fourth-order valence-corrected chi connectivity index (χ4v) is 1.67. The fraction of sp³-hybridized carbons (Fsp3) is 0.455. The number of hydrogen-bond donors (Lipinski definition) is 2. The minimum Gasteiger partial charge on any atom is -0.391 e. The Balaban J connectivity index is 1.80. The Hall–Kier alpha value is -1.62. The Kier molecular flexibility index (Phi) is 3.71. The molecule has 0 aliphatic carbocycles. The molecule has 5 heteroatoms. The van der Waals surface area contributed by atoms with Crippen LogP contribution in [-0.4, -0.2) is 30.2 Å². The van der Waals surface area contributed by atoms with E-state index in [2.05, 4.69) is 15.6 Å². The summed E-state index contributed by atoms with van der Waals surface area (Å²) in [5, 5.41) is 6.02. The second-order valence-corrected chi connectivity index (χ2v) is 3.75. The largest absolute Gasteiger partial charge is 0.414 e. The number of piperidine rings is 1. The zero-order chi connectivity index (χ0) is 11.2. The second-order valence-electron chi connectivity index (χ2n) is 3.75. The Morgan fingerprint density at radius 2 is 2.50 bits per heavy atom. The van der Waals surface area contributed by atoms with Crippen molar-refractivity contribution in [2.24, 2.45) is 0 Å². The Morgan fingerprint density at radius 1 is 1.56 bits per heavy atom. The molecule has 0 spiro atoms. The second kappa shape index (κ2) is 5.46. The van der Waals surface area contributed by atoms with Gasteiger partial charge in [-0.2, -0.15) is 0 Å². The topological polar surface area (TPSA) is 63.2 Å². The number of ether oxygens (including phenoxy) is 1. The van der Waals surface area contributed by atoms with Crippen molar-refractivity contribution in [3.05, 3.63) is 24.4 Å². The number of amides is 1. The van der Waals surface area contributed by atoms with Gasteiger partial charge < -0.3 is 15.4 Å². The lowest BCUT2D eigenvalue weighted by Gasteiger charge is -2.23. The third kappa shape index (κ3) is 3.20. The number of carbonyl (C=O) groups excluding carboxylic acids is 1. The molecule has 1 aromatic heterocycles. The maximum absolute atomic E-state index is 11.5. The molecule has 1 aromatic rings. The normalized spacial score (nSPS) is 20.1. The van der Waals surface area contributed by atoms with Gasteiger partial charge in [-0.05, 0) is 25.5 Å². The van der Waals surface area contributed by atoms with Gasteiger partial charge in [0.25, 0.3) is 0 Å². The highest BCUT2D eigenvalue weighted by Crippen LogP contribution is 2.05. The summed E-state index contributed by atoms with van der Waals surface area (Å²) in [5.74, 6) is 0.323. The van der Waals surface area contributed by atoms with Crippen molar-refractivity contribution in [3.8, 4) is 5.88 Å². The number of rotatable bonds is 2. The lowest BCUT2D eigenvalue weighted by molar-refractivity contribution is 0.191. The van der Waals surface area contributed by atoms with Crippen LogP contribution in [0.1, 0.15) is 12.8 Å². The summed E-state index contributed by atoms with van der Waals surface area (Å²) in [6, 6.07) is 5.36. The first-order valence-electron chi connectivity index (χ1n) is 5.45. The summed E-state index contributed by atoms with van der Waals surface area (Å²) >= 11 is 0. The minimum absolute atomic E-state index is 0.157. The zero-order valence-electron chi connectivity index (χ0n) is 8.98. The maximum atomic E-state index is 11.5. The predicted molar refractivity (Wildman–Crippen MR) is 59.3 cm³/mol. The van der Waals surface area contributed by atoms with Gasteiger partial charge in [0.1, 0.15) is 0 Å². The first kappa shape index (κ1) is 10.9. The SMILES string of the molecule is O=C(NC1CCCNC1)Oc1ccccn1. The average Bonchev–Trinajstić information content (AvgIpc) is 2.31. The monoisotopic (exact) mass is 221 g/mol. The number of hydrogen-bond acceptors (Lipinski definition) is 4. The molecule has 1 aliphatic rings. The van der Waals surface area contributed by atoms with Crippen LogP contribution in [0.2, 0.25) is 0 Å². The van der Waals surface area contributed by atoms with Crippen molar-refractivity contribution in [3.63, 3.8) is 0 Å². The molecular formula is C11H15N3O2. The Labute approximate surface area is 94.2 Å². The highest BCUT2D eigenvalue weighted by Gasteiger charge is 2.16. The zero-order valence-corrected chi connectivity index (χ0v) is 8.98. The molecule has 0 saturated carbocycles. The third-order valence-electron chi connectivity index (χ3n) is 2.45.